The first-order valence-electron chi connectivity index (χ1n) is 12.8. The summed E-state index contributed by atoms with van der Waals surface area (Å²) in [5.41, 5.74) is 10.5. The average molecular weight is 539 g/mol. The molecule has 2 aromatic carbocycles. The molecule has 0 spiro atoms. The van der Waals surface area contributed by atoms with Crippen LogP contribution in [0.25, 0.3) is 28.0 Å². The minimum atomic E-state index is -0.767. The zero-order valence-electron chi connectivity index (χ0n) is 22.5. The number of methoxy groups -OCH3 is 1. The van der Waals surface area contributed by atoms with Crippen molar-refractivity contribution in [1.29, 1.82) is 0 Å². The van der Waals surface area contributed by atoms with Crippen molar-refractivity contribution in [2.24, 2.45) is 5.73 Å². The third-order valence-electron chi connectivity index (χ3n) is 7.06. The third kappa shape index (κ3) is 5.39. The molecule has 2 amide bonds. The number of primary amides is 1. The molecular formula is C29H30N8O3. The van der Waals surface area contributed by atoms with E-state index in [2.05, 4.69) is 20.3 Å². The largest absolute Gasteiger partial charge is 0.495 e. The van der Waals surface area contributed by atoms with Gasteiger partial charge in [-0.1, -0.05) is 29.5 Å². The van der Waals surface area contributed by atoms with E-state index >= 15 is 0 Å². The van der Waals surface area contributed by atoms with E-state index in [4.69, 9.17) is 10.5 Å². The van der Waals surface area contributed by atoms with Gasteiger partial charge in [0, 0.05) is 30.9 Å². The number of nitrogens with two attached hydrogens (primary N) is 1. The molecule has 3 heterocycles. The topological polar surface area (TPSA) is 134 Å². The number of ether oxygens (including phenoxy) is 1. The van der Waals surface area contributed by atoms with Crippen LogP contribution in [0.5, 0.6) is 5.75 Å². The summed E-state index contributed by atoms with van der Waals surface area (Å²) in [5.74, 6) is -0.124. The smallest absolute Gasteiger partial charge is 0.247 e. The van der Waals surface area contributed by atoms with Crippen LogP contribution in [0.2, 0.25) is 0 Å². The highest BCUT2D eigenvalue weighted by atomic mass is 16.5. The maximum atomic E-state index is 13.8. The molecule has 0 saturated carbocycles. The molecule has 2 atom stereocenters. The van der Waals surface area contributed by atoms with Gasteiger partial charge in [0.2, 0.25) is 11.8 Å². The van der Waals surface area contributed by atoms with Crippen molar-refractivity contribution in [3.05, 3.63) is 85.1 Å². The second kappa shape index (κ2) is 11.4. The number of imidazole rings is 1. The summed E-state index contributed by atoms with van der Waals surface area (Å²) in [4.78, 5) is 35.7. The highest BCUT2D eigenvalue weighted by Crippen LogP contribution is 2.27. The van der Waals surface area contributed by atoms with Gasteiger partial charge in [-0.25, -0.2) is 9.67 Å². The Kier molecular flexibility index (Phi) is 7.54. The molecule has 0 bridgehead atoms. The Labute approximate surface area is 231 Å². The molecule has 0 aliphatic rings. The summed E-state index contributed by atoms with van der Waals surface area (Å²) in [6, 6.07) is 16.7. The second-order valence-electron chi connectivity index (χ2n) is 9.54. The highest BCUT2D eigenvalue weighted by molar-refractivity contribution is 5.82. The first-order valence-corrected chi connectivity index (χ1v) is 12.8. The van der Waals surface area contributed by atoms with Gasteiger partial charge in [-0.15, -0.1) is 5.10 Å². The fourth-order valence-electron chi connectivity index (χ4n) is 4.61. The maximum absolute atomic E-state index is 13.8. The number of amides is 2. The maximum Gasteiger partial charge on any atom is 0.247 e. The van der Waals surface area contributed by atoms with Gasteiger partial charge < -0.3 is 15.4 Å². The van der Waals surface area contributed by atoms with E-state index in [0.29, 0.717) is 17.0 Å². The molecule has 0 aliphatic heterocycles. The van der Waals surface area contributed by atoms with Gasteiger partial charge in [-0.2, -0.15) is 0 Å². The van der Waals surface area contributed by atoms with Gasteiger partial charge in [-0.05, 0) is 49.2 Å². The summed E-state index contributed by atoms with van der Waals surface area (Å²) in [5, 5.41) is 8.45. The van der Waals surface area contributed by atoms with Gasteiger partial charge in [0.05, 0.1) is 36.6 Å². The molecule has 0 fully saturated rings. The van der Waals surface area contributed by atoms with Gasteiger partial charge in [0.15, 0.2) is 0 Å². The number of aromatic nitrogens is 6. The van der Waals surface area contributed by atoms with Crippen LogP contribution >= 0.6 is 0 Å². The van der Waals surface area contributed by atoms with Crippen molar-refractivity contribution in [1.82, 2.24) is 34.4 Å². The number of carbonyl (C=O) groups excluding carboxylic acids is 2. The minimum absolute atomic E-state index is 0.0299. The first-order chi connectivity index (χ1) is 19.4. The molecule has 0 aliphatic carbocycles. The summed E-state index contributed by atoms with van der Waals surface area (Å²) >= 11 is 0. The molecule has 5 aromatic rings. The number of nitrogens with zero attached hydrogens (tertiary/aromatic N) is 7. The second-order valence-corrected chi connectivity index (χ2v) is 9.54. The predicted molar refractivity (Wildman–Crippen MR) is 150 cm³/mol. The lowest BCUT2D eigenvalue weighted by Crippen LogP contribution is -2.37. The van der Waals surface area contributed by atoms with Gasteiger partial charge >= 0.3 is 0 Å². The number of benzene rings is 2. The number of carbonyl (C=O) groups is 2. The third-order valence-corrected chi connectivity index (χ3v) is 7.06. The van der Waals surface area contributed by atoms with Crippen molar-refractivity contribution in [3.8, 4) is 22.7 Å². The van der Waals surface area contributed by atoms with Gasteiger partial charge in [-0.3, -0.25) is 19.1 Å². The summed E-state index contributed by atoms with van der Waals surface area (Å²) in [6.45, 7) is 1.96. The number of likely N-dealkylation sites (N-methyl/N-ethyl adjacent to an activating group) is 1. The van der Waals surface area contributed by atoms with E-state index in [9.17, 15) is 9.59 Å². The quantitative estimate of drug-likeness (QED) is 0.286. The molecule has 2 unspecified atom stereocenters. The van der Waals surface area contributed by atoms with Crippen LogP contribution in [0.15, 0.2) is 79.5 Å². The van der Waals surface area contributed by atoms with Crippen molar-refractivity contribution in [2.75, 3.05) is 14.2 Å². The SMILES string of the molecule is COc1cncc(-c2cn(C(CCC(N)=O)C(=O)N(C)C(C)c3ccc(-n4cnc5ccccc54)cc3)nn2)c1. The molecule has 11 heteroatoms. The lowest BCUT2D eigenvalue weighted by molar-refractivity contribution is -0.136. The standard InChI is InChI=1S/C29H30N8O3/c1-19(20-8-10-22(11-9-20)36-18-32-24-6-4-5-7-26(24)36)35(2)29(39)27(12-13-28(30)38)37-17-25(33-34-37)21-14-23(40-3)16-31-15-21/h4-11,14-19,27H,12-13H2,1-3H3,(H2,30,38). The molecule has 40 heavy (non-hydrogen) atoms. The van der Waals surface area contributed by atoms with Crippen LogP contribution in [0, 0.1) is 0 Å². The van der Waals surface area contributed by atoms with E-state index in [-0.39, 0.29) is 24.8 Å². The van der Waals surface area contributed by atoms with Crippen molar-refractivity contribution >= 4 is 22.8 Å². The van der Waals surface area contributed by atoms with Crippen LogP contribution < -0.4 is 10.5 Å². The highest BCUT2D eigenvalue weighted by Gasteiger charge is 2.29. The summed E-state index contributed by atoms with van der Waals surface area (Å²) < 4.78 is 8.76. The van der Waals surface area contributed by atoms with Crippen LogP contribution in [0.3, 0.4) is 0 Å². The molecule has 2 N–H and O–H groups in total. The lowest BCUT2D eigenvalue weighted by atomic mass is 10.0. The molecular weight excluding hydrogens is 508 g/mol. The fourth-order valence-corrected chi connectivity index (χ4v) is 4.61. The molecule has 5 rings (SSSR count). The monoisotopic (exact) mass is 538 g/mol. The average Bonchev–Trinajstić information content (AvgIpc) is 3.64. The molecule has 0 saturated heterocycles. The summed E-state index contributed by atoms with van der Waals surface area (Å²) in [6.07, 6.45) is 6.92. The van der Waals surface area contributed by atoms with Crippen molar-refractivity contribution in [2.45, 2.75) is 31.8 Å². The number of hydrogen-bond donors (Lipinski definition) is 1. The Bertz CT molecular complexity index is 1640. The van der Waals surface area contributed by atoms with E-state index in [1.54, 1.807) is 50.0 Å². The number of fused-ring (bicyclic) bond motifs is 1. The number of rotatable bonds is 10. The Morgan fingerprint density at radius 1 is 1.10 bits per heavy atom. The van der Waals surface area contributed by atoms with Gasteiger partial charge in [0.1, 0.15) is 23.8 Å². The van der Waals surface area contributed by atoms with Crippen LogP contribution in [0.1, 0.15) is 37.4 Å². The van der Waals surface area contributed by atoms with E-state index in [1.807, 2.05) is 60.0 Å². The Morgan fingerprint density at radius 3 is 2.62 bits per heavy atom. The van der Waals surface area contributed by atoms with Crippen LogP contribution in [-0.4, -0.2) is 60.4 Å². The van der Waals surface area contributed by atoms with Gasteiger partial charge in [0.25, 0.3) is 0 Å². The fraction of sp³-hybridized carbons (Fsp3) is 0.241. The molecule has 3 aromatic heterocycles. The molecule has 0 radical (unpaired) electrons. The van der Waals surface area contributed by atoms with E-state index in [1.165, 1.54) is 4.68 Å². The van der Waals surface area contributed by atoms with Crippen molar-refractivity contribution in [3.63, 3.8) is 0 Å². The number of pyridine rings is 1. The molecule has 204 valence electrons. The minimum Gasteiger partial charge on any atom is -0.495 e. The van der Waals surface area contributed by atoms with Crippen molar-refractivity contribution < 1.29 is 14.3 Å². The Balaban J connectivity index is 1.36. The van der Waals surface area contributed by atoms with E-state index in [0.717, 1.165) is 22.3 Å². The Morgan fingerprint density at radius 2 is 1.88 bits per heavy atom. The lowest BCUT2D eigenvalue weighted by Gasteiger charge is -2.29. The predicted octanol–water partition coefficient (Wildman–Crippen LogP) is 3.71. The normalized spacial score (nSPS) is 12.7. The zero-order valence-corrected chi connectivity index (χ0v) is 22.5. The summed E-state index contributed by atoms with van der Waals surface area (Å²) in [7, 11) is 3.30. The molecule has 11 nitrogen and oxygen atoms in total. The van der Waals surface area contributed by atoms with E-state index < -0.39 is 11.9 Å². The zero-order chi connectivity index (χ0) is 28.2. The Hall–Kier alpha value is -5.06. The van der Waals surface area contributed by atoms with Crippen LogP contribution in [0.4, 0.5) is 0 Å². The number of hydrogen-bond acceptors (Lipinski definition) is 7. The first kappa shape index (κ1) is 26.5. The van der Waals surface area contributed by atoms with Crippen LogP contribution in [-0.2, 0) is 9.59 Å². The number of para-hydroxylation sites is 2.